The molecular weight excluding hydrogens is 408 g/mol. The minimum atomic E-state index is -0.145. The molecule has 5 nitrogen and oxygen atoms in total. The summed E-state index contributed by atoms with van der Waals surface area (Å²) >= 11 is 1.52. The zero-order valence-electron chi connectivity index (χ0n) is 17.6. The van der Waals surface area contributed by atoms with Crippen molar-refractivity contribution in [1.29, 1.82) is 0 Å². The number of ether oxygens (including phenoxy) is 2. The number of amides is 1. The highest BCUT2D eigenvalue weighted by Crippen LogP contribution is 2.30. The summed E-state index contributed by atoms with van der Waals surface area (Å²) in [6.07, 6.45) is 0. The summed E-state index contributed by atoms with van der Waals surface area (Å²) in [6.45, 7) is 4.96. The Hall–Kier alpha value is -3.38. The topological polar surface area (TPSA) is 51.7 Å². The van der Waals surface area contributed by atoms with Crippen molar-refractivity contribution in [3.8, 4) is 11.5 Å². The third-order valence-electron chi connectivity index (χ3n) is 4.75. The Morgan fingerprint density at radius 1 is 0.968 bits per heavy atom. The summed E-state index contributed by atoms with van der Waals surface area (Å²) in [5.74, 6) is 1.25. The van der Waals surface area contributed by atoms with Gasteiger partial charge in [0.1, 0.15) is 11.5 Å². The lowest BCUT2D eigenvalue weighted by Gasteiger charge is -2.20. The number of aryl methyl sites for hydroxylation is 1. The van der Waals surface area contributed by atoms with Gasteiger partial charge >= 0.3 is 0 Å². The Morgan fingerprint density at radius 2 is 1.68 bits per heavy atom. The molecule has 0 saturated heterocycles. The quantitative estimate of drug-likeness (QED) is 0.363. The van der Waals surface area contributed by atoms with E-state index in [2.05, 4.69) is 13.0 Å². The number of fused-ring (bicyclic) bond motifs is 1. The van der Waals surface area contributed by atoms with Crippen molar-refractivity contribution in [3.63, 3.8) is 0 Å². The number of benzene rings is 3. The third-order valence-corrected chi connectivity index (χ3v) is 5.79. The van der Waals surface area contributed by atoms with Crippen molar-refractivity contribution in [2.24, 2.45) is 0 Å². The molecule has 1 amide bonds. The highest BCUT2D eigenvalue weighted by molar-refractivity contribution is 7.22. The zero-order chi connectivity index (χ0) is 21.6. The minimum Gasteiger partial charge on any atom is -0.494 e. The molecular formula is C25H24N2O3S. The Bertz CT molecular complexity index is 1160. The van der Waals surface area contributed by atoms with Gasteiger partial charge in [0.15, 0.2) is 11.7 Å². The van der Waals surface area contributed by atoms with Crippen LogP contribution in [0.3, 0.4) is 0 Å². The van der Waals surface area contributed by atoms with Crippen LogP contribution in [0, 0.1) is 6.92 Å². The second-order valence-corrected chi connectivity index (χ2v) is 8.14. The molecule has 4 rings (SSSR count). The number of hydrogen-bond acceptors (Lipinski definition) is 5. The molecule has 1 aromatic heterocycles. The van der Waals surface area contributed by atoms with Crippen molar-refractivity contribution >= 4 is 32.6 Å². The van der Waals surface area contributed by atoms with E-state index in [0.717, 1.165) is 21.5 Å². The fourth-order valence-corrected chi connectivity index (χ4v) is 4.27. The van der Waals surface area contributed by atoms with Gasteiger partial charge in [-0.1, -0.05) is 47.7 Å². The van der Waals surface area contributed by atoms with E-state index in [1.54, 1.807) is 17.0 Å². The average Bonchev–Trinajstić information content (AvgIpc) is 3.20. The lowest BCUT2D eigenvalue weighted by atomic mass is 10.2. The first-order chi connectivity index (χ1) is 15.1. The average molecular weight is 433 g/mol. The summed E-state index contributed by atoms with van der Waals surface area (Å²) < 4.78 is 12.3. The number of aromatic nitrogens is 1. The first-order valence-corrected chi connectivity index (χ1v) is 11.0. The van der Waals surface area contributed by atoms with Gasteiger partial charge in [0, 0.05) is 0 Å². The van der Waals surface area contributed by atoms with Crippen LogP contribution >= 0.6 is 11.3 Å². The molecule has 0 aliphatic heterocycles. The molecule has 0 radical (unpaired) electrons. The maximum atomic E-state index is 13.2. The van der Waals surface area contributed by atoms with Gasteiger partial charge in [-0.25, -0.2) is 4.98 Å². The van der Waals surface area contributed by atoms with Crippen molar-refractivity contribution < 1.29 is 14.3 Å². The van der Waals surface area contributed by atoms with Crippen LogP contribution in [-0.4, -0.2) is 24.1 Å². The fourth-order valence-electron chi connectivity index (χ4n) is 3.19. The zero-order valence-corrected chi connectivity index (χ0v) is 18.4. The maximum absolute atomic E-state index is 13.2. The van der Waals surface area contributed by atoms with Gasteiger partial charge in [0.05, 0.1) is 23.4 Å². The number of rotatable bonds is 8. The van der Waals surface area contributed by atoms with Crippen LogP contribution in [0.4, 0.5) is 5.13 Å². The van der Waals surface area contributed by atoms with E-state index >= 15 is 0 Å². The molecule has 0 aliphatic rings. The van der Waals surface area contributed by atoms with E-state index < -0.39 is 0 Å². The number of anilines is 1. The van der Waals surface area contributed by atoms with Gasteiger partial charge in [0.2, 0.25) is 0 Å². The van der Waals surface area contributed by atoms with Gasteiger partial charge in [-0.3, -0.25) is 9.69 Å². The van der Waals surface area contributed by atoms with E-state index in [0.29, 0.717) is 24.0 Å². The molecule has 6 heteroatoms. The number of nitrogens with zero attached hydrogens (tertiary/aromatic N) is 2. The van der Waals surface area contributed by atoms with Crippen molar-refractivity contribution in [1.82, 2.24) is 4.98 Å². The largest absolute Gasteiger partial charge is 0.494 e. The van der Waals surface area contributed by atoms with E-state index in [-0.39, 0.29) is 12.5 Å². The summed E-state index contributed by atoms with van der Waals surface area (Å²) in [5, 5.41) is 0.671. The standard InChI is InChI=1S/C25H24N2O3S/c1-3-29-20-10-12-21(13-11-20)30-17-24(28)27(16-19-7-5-4-6-8-19)25-26-22-14-9-18(2)15-23(22)31-25/h4-15H,3,16-17H2,1-2H3. The van der Waals surface area contributed by atoms with Gasteiger partial charge in [-0.05, 0) is 61.4 Å². The predicted octanol–water partition coefficient (Wildman–Crippen LogP) is 5.62. The second-order valence-electron chi connectivity index (χ2n) is 7.13. The van der Waals surface area contributed by atoms with Crippen molar-refractivity contribution in [2.45, 2.75) is 20.4 Å². The fraction of sp³-hybridized carbons (Fsp3) is 0.200. The number of hydrogen-bond donors (Lipinski definition) is 0. The van der Waals surface area contributed by atoms with Gasteiger partial charge in [0.25, 0.3) is 5.91 Å². The second kappa shape index (κ2) is 9.62. The highest BCUT2D eigenvalue weighted by atomic mass is 32.1. The number of carbonyl (C=O) groups is 1. The summed E-state index contributed by atoms with van der Waals surface area (Å²) in [4.78, 5) is 19.6. The van der Waals surface area contributed by atoms with Crippen LogP contribution in [0.2, 0.25) is 0 Å². The lowest BCUT2D eigenvalue weighted by molar-refractivity contribution is -0.120. The first-order valence-electron chi connectivity index (χ1n) is 10.2. The molecule has 0 saturated carbocycles. The predicted molar refractivity (Wildman–Crippen MR) is 125 cm³/mol. The molecule has 0 spiro atoms. The Balaban J connectivity index is 1.54. The highest BCUT2D eigenvalue weighted by Gasteiger charge is 2.21. The van der Waals surface area contributed by atoms with Crippen LogP contribution in [0.5, 0.6) is 11.5 Å². The Morgan fingerprint density at radius 3 is 2.39 bits per heavy atom. The molecule has 4 aromatic rings. The van der Waals surface area contributed by atoms with E-state index in [1.807, 2.05) is 61.5 Å². The molecule has 0 fully saturated rings. The molecule has 0 aliphatic carbocycles. The minimum absolute atomic E-state index is 0.0736. The summed E-state index contributed by atoms with van der Waals surface area (Å²) in [6, 6.07) is 23.3. The van der Waals surface area contributed by atoms with E-state index in [1.165, 1.54) is 16.9 Å². The Labute approximate surface area is 185 Å². The van der Waals surface area contributed by atoms with Crippen LogP contribution < -0.4 is 14.4 Å². The number of carbonyl (C=O) groups excluding carboxylic acids is 1. The van der Waals surface area contributed by atoms with E-state index in [9.17, 15) is 4.79 Å². The number of thiazole rings is 1. The molecule has 0 atom stereocenters. The molecule has 3 aromatic carbocycles. The van der Waals surface area contributed by atoms with Gasteiger partial charge < -0.3 is 9.47 Å². The van der Waals surface area contributed by atoms with Gasteiger partial charge in [-0.15, -0.1) is 0 Å². The summed E-state index contributed by atoms with van der Waals surface area (Å²) in [5.41, 5.74) is 3.10. The SMILES string of the molecule is CCOc1ccc(OCC(=O)N(Cc2ccccc2)c2nc3ccc(C)cc3s2)cc1. The van der Waals surface area contributed by atoms with Crippen LogP contribution in [0.25, 0.3) is 10.2 Å². The molecule has 0 bridgehead atoms. The monoisotopic (exact) mass is 432 g/mol. The van der Waals surface area contributed by atoms with Crippen molar-refractivity contribution in [2.75, 3.05) is 18.1 Å². The molecule has 1 heterocycles. The first kappa shape index (κ1) is 20.9. The van der Waals surface area contributed by atoms with Crippen molar-refractivity contribution in [3.05, 3.63) is 83.9 Å². The van der Waals surface area contributed by atoms with Crippen LogP contribution in [0.15, 0.2) is 72.8 Å². The van der Waals surface area contributed by atoms with Crippen LogP contribution in [-0.2, 0) is 11.3 Å². The molecule has 158 valence electrons. The smallest absolute Gasteiger partial charge is 0.267 e. The van der Waals surface area contributed by atoms with Gasteiger partial charge in [-0.2, -0.15) is 0 Å². The third kappa shape index (κ3) is 5.22. The Kier molecular flexibility index (Phi) is 6.48. The lowest BCUT2D eigenvalue weighted by Crippen LogP contribution is -2.34. The van der Waals surface area contributed by atoms with E-state index in [4.69, 9.17) is 14.5 Å². The van der Waals surface area contributed by atoms with Crippen LogP contribution in [0.1, 0.15) is 18.1 Å². The molecule has 0 unspecified atom stereocenters. The maximum Gasteiger partial charge on any atom is 0.267 e. The molecule has 31 heavy (non-hydrogen) atoms. The molecule has 0 N–H and O–H groups in total. The summed E-state index contributed by atoms with van der Waals surface area (Å²) in [7, 11) is 0. The normalized spacial score (nSPS) is 10.8.